The Balaban J connectivity index is 1.81. The molecule has 0 N–H and O–H groups in total. The van der Waals surface area contributed by atoms with Gasteiger partial charge in [0.2, 0.25) is 0 Å². The molecule has 2 bridgehead atoms. The van der Waals surface area contributed by atoms with Crippen LogP contribution in [-0.2, 0) is 9.47 Å². The Hall–Kier alpha value is -0.0800. The molecule has 0 radical (unpaired) electrons. The highest BCUT2D eigenvalue weighted by molar-refractivity contribution is 4.97. The summed E-state index contributed by atoms with van der Waals surface area (Å²) < 4.78 is 11.7. The minimum atomic E-state index is -0.110. The standard InChI is InChI=1S/C10H16O2/c1-4-11-10(12-5-1)7-8-2-3-9(10)6-8/h8-9H,1-7H2. The molecule has 0 amide bonds. The molecule has 0 aromatic rings. The lowest BCUT2D eigenvalue weighted by molar-refractivity contribution is -0.290. The summed E-state index contributed by atoms with van der Waals surface area (Å²) in [5, 5.41) is 0. The third kappa shape index (κ3) is 0.882. The molecule has 1 heterocycles. The molecule has 3 rings (SSSR count). The van der Waals surface area contributed by atoms with E-state index in [1.54, 1.807) is 0 Å². The van der Waals surface area contributed by atoms with Gasteiger partial charge in [-0.25, -0.2) is 0 Å². The second kappa shape index (κ2) is 2.46. The summed E-state index contributed by atoms with van der Waals surface area (Å²) in [7, 11) is 0. The SMILES string of the molecule is C1COC2(CC3CCC2C3)OC1. The van der Waals surface area contributed by atoms with Gasteiger partial charge in [0.05, 0.1) is 13.2 Å². The Morgan fingerprint density at radius 1 is 1.08 bits per heavy atom. The maximum atomic E-state index is 5.84. The monoisotopic (exact) mass is 168 g/mol. The van der Waals surface area contributed by atoms with E-state index in [1.165, 1.54) is 25.7 Å². The summed E-state index contributed by atoms with van der Waals surface area (Å²) in [5.41, 5.74) is 0. The van der Waals surface area contributed by atoms with Crippen LogP contribution in [0.2, 0.25) is 0 Å². The summed E-state index contributed by atoms with van der Waals surface area (Å²) in [6, 6.07) is 0. The Morgan fingerprint density at radius 3 is 2.50 bits per heavy atom. The van der Waals surface area contributed by atoms with Crippen LogP contribution in [0.3, 0.4) is 0 Å². The largest absolute Gasteiger partial charge is 0.350 e. The first-order valence-corrected chi connectivity index (χ1v) is 5.17. The molecule has 2 heteroatoms. The molecule has 3 aliphatic rings. The van der Waals surface area contributed by atoms with E-state index < -0.39 is 0 Å². The van der Waals surface area contributed by atoms with Gasteiger partial charge < -0.3 is 9.47 Å². The Labute approximate surface area is 73.2 Å². The van der Waals surface area contributed by atoms with E-state index in [-0.39, 0.29) is 5.79 Å². The zero-order valence-corrected chi connectivity index (χ0v) is 7.42. The quantitative estimate of drug-likeness (QED) is 0.550. The van der Waals surface area contributed by atoms with E-state index in [2.05, 4.69) is 0 Å². The molecule has 1 aliphatic heterocycles. The number of fused-ring (bicyclic) bond motifs is 3. The van der Waals surface area contributed by atoms with Crippen molar-refractivity contribution in [1.29, 1.82) is 0 Å². The van der Waals surface area contributed by atoms with Crippen LogP contribution in [-0.4, -0.2) is 19.0 Å². The van der Waals surface area contributed by atoms with Gasteiger partial charge >= 0.3 is 0 Å². The maximum Gasteiger partial charge on any atom is 0.171 e. The minimum Gasteiger partial charge on any atom is -0.350 e. The fourth-order valence-electron chi connectivity index (χ4n) is 3.17. The van der Waals surface area contributed by atoms with Crippen molar-refractivity contribution in [3.05, 3.63) is 0 Å². The van der Waals surface area contributed by atoms with Crippen LogP contribution in [0.5, 0.6) is 0 Å². The molecule has 1 spiro atoms. The smallest absolute Gasteiger partial charge is 0.171 e. The van der Waals surface area contributed by atoms with Gasteiger partial charge in [-0.05, 0) is 31.6 Å². The normalized spacial score (nSPS) is 44.0. The lowest BCUT2D eigenvalue weighted by Crippen LogP contribution is -2.44. The van der Waals surface area contributed by atoms with Gasteiger partial charge in [0, 0.05) is 12.3 Å². The van der Waals surface area contributed by atoms with Gasteiger partial charge in [-0.3, -0.25) is 0 Å². The van der Waals surface area contributed by atoms with Crippen LogP contribution in [0, 0.1) is 11.8 Å². The number of hydrogen-bond acceptors (Lipinski definition) is 2. The van der Waals surface area contributed by atoms with Crippen molar-refractivity contribution in [3.63, 3.8) is 0 Å². The summed E-state index contributed by atoms with van der Waals surface area (Å²) >= 11 is 0. The minimum absolute atomic E-state index is 0.110. The molecular formula is C10H16O2. The average Bonchev–Trinajstić information content (AvgIpc) is 2.65. The maximum absolute atomic E-state index is 5.84. The Kier molecular flexibility index (Phi) is 1.50. The van der Waals surface area contributed by atoms with Crippen LogP contribution in [0.1, 0.15) is 32.1 Å². The van der Waals surface area contributed by atoms with Crippen LogP contribution in [0.15, 0.2) is 0 Å². The van der Waals surface area contributed by atoms with Crippen molar-refractivity contribution in [3.8, 4) is 0 Å². The predicted molar refractivity (Wildman–Crippen MR) is 44.7 cm³/mol. The highest BCUT2D eigenvalue weighted by Gasteiger charge is 2.53. The molecule has 1 saturated heterocycles. The fraction of sp³-hybridized carbons (Fsp3) is 1.00. The van der Waals surface area contributed by atoms with Crippen LogP contribution < -0.4 is 0 Å². The molecule has 2 atom stereocenters. The van der Waals surface area contributed by atoms with Crippen molar-refractivity contribution in [2.75, 3.05) is 13.2 Å². The fourth-order valence-corrected chi connectivity index (χ4v) is 3.17. The van der Waals surface area contributed by atoms with Crippen molar-refractivity contribution in [2.24, 2.45) is 11.8 Å². The summed E-state index contributed by atoms with van der Waals surface area (Å²) in [6.45, 7) is 1.84. The third-order valence-electron chi connectivity index (χ3n) is 3.72. The summed E-state index contributed by atoms with van der Waals surface area (Å²) in [6.07, 6.45) is 6.38. The van der Waals surface area contributed by atoms with Crippen molar-refractivity contribution in [1.82, 2.24) is 0 Å². The highest BCUT2D eigenvalue weighted by atomic mass is 16.7. The van der Waals surface area contributed by atoms with Crippen LogP contribution in [0.25, 0.3) is 0 Å². The average molecular weight is 168 g/mol. The van der Waals surface area contributed by atoms with Crippen molar-refractivity contribution in [2.45, 2.75) is 37.9 Å². The van der Waals surface area contributed by atoms with E-state index in [0.717, 1.165) is 31.5 Å². The number of hydrogen-bond donors (Lipinski definition) is 0. The Morgan fingerprint density at radius 2 is 1.92 bits per heavy atom. The van der Waals surface area contributed by atoms with Gasteiger partial charge in [0.1, 0.15) is 0 Å². The Bertz CT molecular complexity index is 184. The second-order valence-corrected chi connectivity index (χ2v) is 4.44. The van der Waals surface area contributed by atoms with E-state index in [1.807, 2.05) is 0 Å². The van der Waals surface area contributed by atoms with Crippen LogP contribution in [0.4, 0.5) is 0 Å². The molecule has 2 nitrogen and oxygen atoms in total. The zero-order chi connectivity index (χ0) is 8.02. The molecule has 12 heavy (non-hydrogen) atoms. The number of rotatable bonds is 0. The predicted octanol–water partition coefficient (Wildman–Crippen LogP) is 1.94. The second-order valence-electron chi connectivity index (χ2n) is 4.44. The van der Waals surface area contributed by atoms with Gasteiger partial charge in [-0.15, -0.1) is 0 Å². The zero-order valence-electron chi connectivity index (χ0n) is 7.42. The van der Waals surface area contributed by atoms with E-state index in [0.29, 0.717) is 0 Å². The van der Waals surface area contributed by atoms with Crippen molar-refractivity contribution >= 4 is 0 Å². The summed E-state index contributed by atoms with van der Waals surface area (Å²) in [4.78, 5) is 0. The van der Waals surface area contributed by atoms with E-state index >= 15 is 0 Å². The number of ether oxygens (including phenoxy) is 2. The van der Waals surface area contributed by atoms with E-state index in [9.17, 15) is 0 Å². The van der Waals surface area contributed by atoms with Gasteiger partial charge in [0.25, 0.3) is 0 Å². The van der Waals surface area contributed by atoms with Crippen LogP contribution >= 0.6 is 0 Å². The molecule has 2 unspecified atom stereocenters. The molecular weight excluding hydrogens is 152 g/mol. The van der Waals surface area contributed by atoms with E-state index in [4.69, 9.17) is 9.47 Å². The molecule has 2 saturated carbocycles. The lowest BCUT2D eigenvalue weighted by atomic mass is 9.93. The molecule has 2 aliphatic carbocycles. The van der Waals surface area contributed by atoms with Crippen molar-refractivity contribution < 1.29 is 9.47 Å². The first-order valence-electron chi connectivity index (χ1n) is 5.17. The van der Waals surface area contributed by atoms with Gasteiger partial charge in [-0.2, -0.15) is 0 Å². The van der Waals surface area contributed by atoms with Gasteiger partial charge in [-0.1, -0.05) is 0 Å². The first kappa shape index (κ1) is 7.34. The highest BCUT2D eigenvalue weighted by Crippen LogP contribution is 2.53. The molecule has 0 aromatic heterocycles. The molecule has 0 aromatic carbocycles. The molecule has 3 fully saturated rings. The van der Waals surface area contributed by atoms with Gasteiger partial charge in [0.15, 0.2) is 5.79 Å². The first-order chi connectivity index (χ1) is 5.89. The lowest BCUT2D eigenvalue weighted by Gasteiger charge is -2.40. The topological polar surface area (TPSA) is 18.5 Å². The summed E-state index contributed by atoms with van der Waals surface area (Å²) in [5.74, 6) is 1.53. The third-order valence-corrected chi connectivity index (χ3v) is 3.72. The molecule has 68 valence electrons.